The summed E-state index contributed by atoms with van der Waals surface area (Å²) in [5.74, 6) is 0.702. The van der Waals surface area contributed by atoms with Crippen LogP contribution in [0.15, 0.2) is 150 Å². The van der Waals surface area contributed by atoms with Crippen molar-refractivity contribution < 1.29 is 4.42 Å². The molecule has 3 nitrogen and oxygen atoms in total. The van der Waals surface area contributed by atoms with Crippen LogP contribution >= 0.6 is 0 Å². The quantitative estimate of drug-likeness (QED) is 0.199. The molecule has 0 radical (unpaired) electrons. The van der Waals surface area contributed by atoms with Crippen LogP contribution in [0.2, 0.25) is 0 Å². The topological polar surface area (TPSA) is 38.9 Å². The molecule has 0 unspecified atom stereocenters. The summed E-state index contributed by atoms with van der Waals surface area (Å²) in [6.45, 7) is 4.67. The van der Waals surface area contributed by atoms with E-state index in [-0.39, 0.29) is 5.41 Å². The monoisotopic (exact) mass is 614 g/mol. The Morgan fingerprint density at radius 1 is 0.458 bits per heavy atom. The molecule has 0 saturated carbocycles. The molecular weight excluding hydrogens is 585 g/mol. The molecule has 0 amide bonds. The highest BCUT2D eigenvalue weighted by molar-refractivity contribution is 6.10. The normalized spacial score (nSPS) is 13.4. The first-order valence-electron chi connectivity index (χ1n) is 16.5. The third-order valence-electron chi connectivity index (χ3n) is 10.2. The maximum atomic E-state index is 6.47. The Morgan fingerprint density at radius 3 is 1.92 bits per heavy atom. The molecule has 0 bridgehead atoms. The molecule has 3 heteroatoms. The van der Waals surface area contributed by atoms with Crippen molar-refractivity contribution >= 4 is 43.5 Å². The average Bonchev–Trinajstić information content (AvgIpc) is 3.60. The number of benzene rings is 7. The van der Waals surface area contributed by atoms with Gasteiger partial charge in [0.1, 0.15) is 11.2 Å². The van der Waals surface area contributed by atoms with Gasteiger partial charge < -0.3 is 4.42 Å². The van der Waals surface area contributed by atoms with Crippen LogP contribution < -0.4 is 0 Å². The maximum absolute atomic E-state index is 6.47. The van der Waals surface area contributed by atoms with Crippen LogP contribution in [0.1, 0.15) is 25.0 Å². The van der Waals surface area contributed by atoms with E-state index in [1.807, 2.05) is 18.2 Å². The molecule has 0 aliphatic heterocycles. The lowest BCUT2D eigenvalue weighted by molar-refractivity contribution is 0.661. The van der Waals surface area contributed by atoms with Gasteiger partial charge in [-0.25, -0.2) is 9.97 Å². The predicted molar refractivity (Wildman–Crippen MR) is 198 cm³/mol. The van der Waals surface area contributed by atoms with E-state index in [1.165, 1.54) is 43.8 Å². The summed E-state index contributed by atoms with van der Waals surface area (Å²) in [6, 6.07) is 51.7. The standard InChI is InChI=1S/C45H30N2O/c1-45(2)37-18-10-17-34(43(37)36-22-29-14-6-8-15-30(29)23-38(36)45)40-26-39(46-44(47-40)27-11-4-3-5-12-27)32-19-20-33-35-21-28-13-7-9-16-31(28)24-42(35)48-41(33)25-32/h3-26H,1-2H3. The molecule has 9 aromatic rings. The van der Waals surface area contributed by atoms with E-state index < -0.39 is 0 Å². The number of nitrogens with zero attached hydrogens (tertiary/aromatic N) is 2. The first-order valence-corrected chi connectivity index (χ1v) is 16.5. The van der Waals surface area contributed by atoms with Gasteiger partial charge >= 0.3 is 0 Å². The fraction of sp³-hybridized carbons (Fsp3) is 0.0667. The second-order valence-electron chi connectivity index (χ2n) is 13.4. The molecule has 1 aliphatic carbocycles. The smallest absolute Gasteiger partial charge is 0.160 e. The zero-order chi connectivity index (χ0) is 32.0. The molecule has 2 heterocycles. The number of hydrogen-bond donors (Lipinski definition) is 0. The Balaban J connectivity index is 1.20. The highest BCUT2D eigenvalue weighted by Crippen LogP contribution is 2.53. The third kappa shape index (κ3) is 4.01. The van der Waals surface area contributed by atoms with Crippen molar-refractivity contribution in [1.29, 1.82) is 0 Å². The molecule has 0 fully saturated rings. The predicted octanol–water partition coefficient (Wildman–Crippen LogP) is 12.0. The van der Waals surface area contributed by atoms with Crippen LogP contribution in [0.4, 0.5) is 0 Å². The molecule has 0 N–H and O–H groups in total. The average molecular weight is 615 g/mol. The van der Waals surface area contributed by atoms with E-state index >= 15 is 0 Å². The molecule has 10 rings (SSSR count). The summed E-state index contributed by atoms with van der Waals surface area (Å²) in [7, 11) is 0. The van der Waals surface area contributed by atoms with Crippen LogP contribution in [0.5, 0.6) is 0 Å². The minimum atomic E-state index is -0.139. The van der Waals surface area contributed by atoms with Crippen LogP contribution in [0, 0.1) is 0 Å². The van der Waals surface area contributed by atoms with E-state index in [1.54, 1.807) is 0 Å². The molecule has 2 aromatic heterocycles. The van der Waals surface area contributed by atoms with E-state index in [4.69, 9.17) is 14.4 Å². The van der Waals surface area contributed by atoms with Gasteiger partial charge in [0.2, 0.25) is 0 Å². The summed E-state index contributed by atoms with van der Waals surface area (Å²) in [5.41, 5.74) is 11.7. The molecule has 1 aliphatic rings. The minimum Gasteiger partial charge on any atom is -0.456 e. The van der Waals surface area contributed by atoms with Gasteiger partial charge in [0.15, 0.2) is 5.82 Å². The van der Waals surface area contributed by atoms with Crippen LogP contribution in [-0.2, 0) is 5.41 Å². The first-order chi connectivity index (χ1) is 23.5. The van der Waals surface area contributed by atoms with Crippen molar-refractivity contribution in [3.8, 4) is 45.0 Å². The summed E-state index contributed by atoms with van der Waals surface area (Å²) in [6.07, 6.45) is 0. The lowest BCUT2D eigenvalue weighted by Gasteiger charge is -2.22. The Kier molecular flexibility index (Phi) is 5.63. The third-order valence-corrected chi connectivity index (χ3v) is 10.2. The maximum Gasteiger partial charge on any atom is 0.160 e. The number of rotatable bonds is 3. The van der Waals surface area contributed by atoms with Gasteiger partial charge in [0.05, 0.1) is 11.4 Å². The van der Waals surface area contributed by atoms with Gasteiger partial charge in [-0.3, -0.25) is 0 Å². The van der Waals surface area contributed by atoms with Crippen molar-refractivity contribution in [2.24, 2.45) is 0 Å². The van der Waals surface area contributed by atoms with Crippen molar-refractivity contribution in [1.82, 2.24) is 9.97 Å². The number of aromatic nitrogens is 2. The van der Waals surface area contributed by atoms with Crippen molar-refractivity contribution in [3.63, 3.8) is 0 Å². The highest BCUT2D eigenvalue weighted by atomic mass is 16.3. The second kappa shape index (κ2) is 9.97. The Labute approximate surface area is 278 Å². The molecule has 0 saturated heterocycles. The fourth-order valence-corrected chi connectivity index (χ4v) is 7.76. The van der Waals surface area contributed by atoms with Gasteiger partial charge in [-0.15, -0.1) is 0 Å². The summed E-state index contributed by atoms with van der Waals surface area (Å²) >= 11 is 0. The number of furan rings is 1. The SMILES string of the molecule is CC1(C)c2cc3ccccc3cc2-c2c(-c3cc(-c4ccc5c(c4)oc4cc6ccccc6cc45)nc(-c4ccccc4)n3)cccc21. The van der Waals surface area contributed by atoms with Gasteiger partial charge in [-0.05, 0) is 86.3 Å². The fourth-order valence-electron chi connectivity index (χ4n) is 7.76. The molecule has 0 spiro atoms. The number of fused-ring (bicyclic) bond motifs is 8. The first kappa shape index (κ1) is 27.1. The summed E-state index contributed by atoms with van der Waals surface area (Å²) in [4.78, 5) is 10.4. The lowest BCUT2D eigenvalue weighted by atomic mass is 9.81. The summed E-state index contributed by atoms with van der Waals surface area (Å²) < 4.78 is 6.47. The Bertz CT molecular complexity index is 2750. The van der Waals surface area contributed by atoms with Crippen molar-refractivity contribution in [2.75, 3.05) is 0 Å². The van der Waals surface area contributed by atoms with Gasteiger partial charge in [0, 0.05) is 32.9 Å². The Morgan fingerprint density at radius 2 is 1.12 bits per heavy atom. The highest BCUT2D eigenvalue weighted by Gasteiger charge is 2.37. The van der Waals surface area contributed by atoms with E-state index in [2.05, 4.69) is 141 Å². The zero-order valence-corrected chi connectivity index (χ0v) is 26.7. The van der Waals surface area contributed by atoms with Crippen LogP contribution in [0.25, 0.3) is 88.5 Å². The van der Waals surface area contributed by atoms with Crippen molar-refractivity contribution in [2.45, 2.75) is 19.3 Å². The molecule has 7 aromatic carbocycles. The van der Waals surface area contributed by atoms with Crippen LogP contribution in [0.3, 0.4) is 0 Å². The summed E-state index contributed by atoms with van der Waals surface area (Å²) in [5, 5.41) is 7.11. The van der Waals surface area contributed by atoms with Gasteiger partial charge in [-0.2, -0.15) is 0 Å². The molecule has 226 valence electrons. The van der Waals surface area contributed by atoms with Gasteiger partial charge in [-0.1, -0.05) is 117 Å². The largest absolute Gasteiger partial charge is 0.456 e. The zero-order valence-electron chi connectivity index (χ0n) is 26.7. The van der Waals surface area contributed by atoms with Crippen LogP contribution in [-0.4, -0.2) is 9.97 Å². The molecule has 0 atom stereocenters. The second-order valence-corrected chi connectivity index (χ2v) is 13.4. The van der Waals surface area contributed by atoms with E-state index in [0.717, 1.165) is 50.0 Å². The minimum absolute atomic E-state index is 0.139. The van der Waals surface area contributed by atoms with E-state index in [9.17, 15) is 0 Å². The molecule has 48 heavy (non-hydrogen) atoms. The van der Waals surface area contributed by atoms with E-state index in [0.29, 0.717) is 5.82 Å². The van der Waals surface area contributed by atoms with Gasteiger partial charge in [0.25, 0.3) is 0 Å². The van der Waals surface area contributed by atoms with Crippen molar-refractivity contribution in [3.05, 3.63) is 157 Å². The Hall–Kier alpha value is -6.06. The number of hydrogen-bond acceptors (Lipinski definition) is 3. The molecular formula is C45H30N2O. The lowest BCUT2D eigenvalue weighted by Crippen LogP contribution is -2.14.